The molecule has 0 aromatic rings. The summed E-state index contributed by atoms with van der Waals surface area (Å²) in [7, 11) is 0. The zero-order valence-corrected chi connectivity index (χ0v) is 49.6. The highest BCUT2D eigenvalue weighted by Crippen LogP contribution is 2.33. The van der Waals surface area contributed by atoms with Gasteiger partial charge in [0.05, 0.1) is 38.6 Å². The zero-order chi connectivity index (χ0) is 60.5. The van der Waals surface area contributed by atoms with Crippen LogP contribution < -0.4 is 5.32 Å². The second-order valence-electron chi connectivity index (χ2n) is 21.8. The molecule has 0 aromatic heterocycles. The summed E-state index contributed by atoms with van der Waals surface area (Å²) in [6, 6.07) is -1.00. The normalized spacial score (nSPS) is 30.1. The summed E-state index contributed by atoms with van der Waals surface area (Å²) >= 11 is 0. The fourth-order valence-electron chi connectivity index (χ4n) is 9.78. The SMILES string of the molecule is CC/C=C\C/C=C\C/C=C\C/C=C\C/C=C\CCCCCCCCCCCCCC(=O)NC(COC1OC(CO)C(OC2OC(CO)C(OC3OC(CO)C(O)C(O)C3O)C(O)C2O)C(O)C1O)C(O)/C=C/CC/C=C/CC/C=C/CCC. The zero-order valence-electron chi connectivity index (χ0n) is 49.6. The van der Waals surface area contributed by atoms with Crippen molar-refractivity contribution in [3.63, 3.8) is 0 Å². The van der Waals surface area contributed by atoms with Crippen molar-refractivity contribution in [1.29, 1.82) is 0 Å². The largest absolute Gasteiger partial charge is 0.394 e. The van der Waals surface area contributed by atoms with E-state index in [0.29, 0.717) is 12.8 Å². The number of allylic oxidation sites excluding steroid dienone is 15. The molecular weight excluding hydrogens is 1070 g/mol. The van der Waals surface area contributed by atoms with Crippen LogP contribution in [-0.2, 0) is 33.2 Å². The maximum absolute atomic E-state index is 13.3. The third kappa shape index (κ3) is 29.3. The molecule has 0 spiro atoms. The van der Waals surface area contributed by atoms with E-state index >= 15 is 0 Å². The summed E-state index contributed by atoms with van der Waals surface area (Å²) < 4.78 is 34.2. The summed E-state index contributed by atoms with van der Waals surface area (Å²) in [6.45, 7) is 1.47. The molecule has 3 saturated heterocycles. The van der Waals surface area contributed by atoms with Gasteiger partial charge in [-0.2, -0.15) is 0 Å². The number of carbonyl (C=O) groups excluding carboxylic acids is 1. The molecule has 1 amide bonds. The van der Waals surface area contributed by atoms with Crippen LogP contribution >= 0.6 is 0 Å². The molecule has 19 nitrogen and oxygen atoms in total. The molecule has 3 rings (SSSR count). The highest BCUT2D eigenvalue weighted by molar-refractivity contribution is 5.76. The summed E-state index contributed by atoms with van der Waals surface area (Å²) in [6.07, 6.45) is 31.2. The van der Waals surface area contributed by atoms with Crippen molar-refractivity contribution in [2.24, 2.45) is 0 Å². The Bertz CT molecular complexity index is 1890. The lowest BCUT2D eigenvalue weighted by atomic mass is 9.96. The summed E-state index contributed by atoms with van der Waals surface area (Å²) in [5.74, 6) is -0.301. The van der Waals surface area contributed by atoms with E-state index in [1.807, 2.05) is 6.08 Å². The fraction of sp³-hybridized carbons (Fsp3) is 0.734. The van der Waals surface area contributed by atoms with E-state index < -0.39 is 124 Å². The van der Waals surface area contributed by atoms with E-state index in [1.54, 1.807) is 6.08 Å². The summed E-state index contributed by atoms with van der Waals surface area (Å²) in [5.41, 5.74) is 0. The summed E-state index contributed by atoms with van der Waals surface area (Å²) in [4.78, 5) is 13.3. The topological polar surface area (TPSA) is 307 Å². The number of aliphatic hydroxyl groups is 11. The Morgan fingerprint density at radius 2 is 0.843 bits per heavy atom. The number of unbranched alkanes of at least 4 members (excludes halogenated alkanes) is 14. The number of ether oxygens (including phenoxy) is 6. The minimum Gasteiger partial charge on any atom is -0.394 e. The van der Waals surface area contributed by atoms with Gasteiger partial charge >= 0.3 is 0 Å². The van der Waals surface area contributed by atoms with Crippen LogP contribution in [0.4, 0.5) is 0 Å². The van der Waals surface area contributed by atoms with Crippen molar-refractivity contribution in [2.75, 3.05) is 26.4 Å². The van der Waals surface area contributed by atoms with Gasteiger partial charge in [0.1, 0.15) is 73.2 Å². The molecule has 0 radical (unpaired) electrons. The van der Waals surface area contributed by atoms with Crippen molar-refractivity contribution in [2.45, 2.75) is 272 Å². The van der Waals surface area contributed by atoms with Crippen LogP contribution in [-0.4, -0.2) is 193 Å². The van der Waals surface area contributed by atoms with Crippen LogP contribution in [0.3, 0.4) is 0 Å². The molecule has 3 fully saturated rings. The number of amides is 1. The van der Waals surface area contributed by atoms with Gasteiger partial charge in [0.2, 0.25) is 5.91 Å². The van der Waals surface area contributed by atoms with E-state index in [0.717, 1.165) is 96.3 Å². The first-order valence-corrected chi connectivity index (χ1v) is 31.0. The molecule has 12 N–H and O–H groups in total. The number of hydrogen-bond acceptors (Lipinski definition) is 18. The van der Waals surface area contributed by atoms with Crippen molar-refractivity contribution in [3.8, 4) is 0 Å². The minimum atomic E-state index is -1.99. The predicted molar refractivity (Wildman–Crippen MR) is 318 cm³/mol. The molecule has 3 heterocycles. The van der Waals surface area contributed by atoms with Gasteiger partial charge < -0.3 is 89.9 Å². The molecule has 3 aliphatic heterocycles. The molecule has 17 atom stereocenters. The quantitative estimate of drug-likeness (QED) is 0.0241. The average Bonchev–Trinajstić information content (AvgIpc) is 3.62. The van der Waals surface area contributed by atoms with Crippen LogP contribution in [0.2, 0.25) is 0 Å². The smallest absolute Gasteiger partial charge is 0.220 e. The number of aliphatic hydroxyl groups excluding tert-OH is 11. The Labute approximate surface area is 494 Å². The first-order chi connectivity index (χ1) is 40.3. The molecule has 0 aliphatic carbocycles. The van der Waals surface area contributed by atoms with E-state index in [-0.39, 0.29) is 18.9 Å². The van der Waals surface area contributed by atoms with E-state index in [2.05, 4.69) is 104 Å². The molecule has 19 heteroatoms. The second kappa shape index (κ2) is 45.9. The van der Waals surface area contributed by atoms with Gasteiger partial charge in [-0.25, -0.2) is 0 Å². The van der Waals surface area contributed by atoms with Crippen LogP contribution in [0, 0.1) is 0 Å². The van der Waals surface area contributed by atoms with Gasteiger partial charge in [-0.3, -0.25) is 4.79 Å². The standard InChI is InChI=1S/C64H107NO18/c1-3-5-7-9-11-13-15-16-17-18-19-20-21-22-23-24-25-26-27-28-29-30-32-34-36-38-40-42-52(70)65-47(48(69)41-39-37-35-33-31-14-12-10-8-6-4-2)46-78-62-58(76)55(73)60(50(44-67)80-62)83-64-59(77)56(74)61(51(45-68)81-64)82-63-57(75)54(72)53(71)49(43-66)79-63/h5,7-8,10-11,13,16-17,19-20,22-23,31,33,39,41,47-51,53-64,66-69,71-77H,3-4,6,9,12,14-15,18,21,24-30,32,34-38,40,42-46H2,1-2H3,(H,65,70)/b7-5-,10-8+,13-11-,17-16-,20-19-,23-22-,33-31+,41-39+. The average molecular weight is 1180 g/mol. The van der Waals surface area contributed by atoms with Crippen molar-refractivity contribution < 1.29 is 89.4 Å². The Kier molecular flexibility index (Phi) is 40.9. The fourth-order valence-corrected chi connectivity index (χ4v) is 9.78. The van der Waals surface area contributed by atoms with E-state index in [4.69, 9.17) is 28.4 Å². The first-order valence-electron chi connectivity index (χ1n) is 31.0. The highest BCUT2D eigenvalue weighted by Gasteiger charge is 2.53. The molecule has 0 saturated carbocycles. The number of hydrogen-bond donors (Lipinski definition) is 12. The van der Waals surface area contributed by atoms with Crippen LogP contribution in [0.1, 0.15) is 168 Å². The van der Waals surface area contributed by atoms with Gasteiger partial charge in [0.25, 0.3) is 0 Å². The minimum absolute atomic E-state index is 0.222. The van der Waals surface area contributed by atoms with Gasteiger partial charge in [-0.05, 0) is 83.5 Å². The van der Waals surface area contributed by atoms with E-state index in [1.165, 1.54) is 38.5 Å². The highest BCUT2D eigenvalue weighted by atomic mass is 16.8. The molecule has 0 bridgehead atoms. The Hall–Kier alpha value is -3.29. The molecule has 83 heavy (non-hydrogen) atoms. The lowest BCUT2D eigenvalue weighted by Crippen LogP contribution is -2.66. The second-order valence-corrected chi connectivity index (χ2v) is 21.8. The van der Waals surface area contributed by atoms with Gasteiger partial charge in [0.15, 0.2) is 18.9 Å². The molecule has 17 unspecified atom stereocenters. The maximum atomic E-state index is 13.3. The lowest BCUT2D eigenvalue weighted by molar-refractivity contribution is -0.379. The van der Waals surface area contributed by atoms with Gasteiger partial charge in [0, 0.05) is 6.42 Å². The number of carbonyl (C=O) groups is 1. The molecule has 476 valence electrons. The maximum Gasteiger partial charge on any atom is 0.220 e. The van der Waals surface area contributed by atoms with Crippen molar-refractivity contribution in [1.82, 2.24) is 5.32 Å². The summed E-state index contributed by atoms with van der Waals surface area (Å²) in [5, 5.41) is 120. The molecular formula is C64H107NO18. The van der Waals surface area contributed by atoms with Gasteiger partial charge in [-0.15, -0.1) is 0 Å². The third-order valence-electron chi connectivity index (χ3n) is 14.8. The van der Waals surface area contributed by atoms with Crippen LogP contribution in [0.15, 0.2) is 97.2 Å². The lowest BCUT2D eigenvalue weighted by Gasteiger charge is -2.48. The number of rotatable bonds is 44. The van der Waals surface area contributed by atoms with Crippen LogP contribution in [0.25, 0.3) is 0 Å². The van der Waals surface area contributed by atoms with Gasteiger partial charge in [-0.1, -0.05) is 175 Å². The van der Waals surface area contributed by atoms with Crippen molar-refractivity contribution >= 4 is 5.91 Å². The predicted octanol–water partition coefficient (Wildman–Crippen LogP) is 6.15. The Morgan fingerprint density at radius 1 is 0.446 bits per heavy atom. The number of nitrogens with one attached hydrogen (secondary N) is 1. The molecule has 0 aromatic carbocycles. The third-order valence-corrected chi connectivity index (χ3v) is 14.8. The monoisotopic (exact) mass is 1180 g/mol. The Balaban J connectivity index is 1.43. The first kappa shape index (κ1) is 74.0. The Morgan fingerprint density at radius 3 is 1.34 bits per heavy atom. The van der Waals surface area contributed by atoms with Crippen LogP contribution in [0.5, 0.6) is 0 Å². The van der Waals surface area contributed by atoms with E-state index in [9.17, 15) is 61.0 Å². The molecule has 3 aliphatic rings. The van der Waals surface area contributed by atoms with Crippen molar-refractivity contribution in [3.05, 3.63) is 97.2 Å².